The number of carbonyl (C=O) groups is 2. The number of rotatable bonds is 2. The Morgan fingerprint density at radius 1 is 1.26 bits per heavy atom. The van der Waals surface area contributed by atoms with Gasteiger partial charge in [-0.3, -0.25) is 9.59 Å². The van der Waals surface area contributed by atoms with Gasteiger partial charge < -0.3 is 14.2 Å². The number of fused-ring (bicyclic) bond motifs is 1. The molecule has 1 atom stereocenters. The Kier molecular flexibility index (Phi) is 3.90. The fraction of sp³-hybridized carbons (Fsp3) is 0.353. The van der Waals surface area contributed by atoms with Crippen molar-refractivity contribution in [2.24, 2.45) is 7.05 Å². The maximum absolute atomic E-state index is 12.9. The quantitative estimate of drug-likeness (QED) is 0.784. The summed E-state index contributed by atoms with van der Waals surface area (Å²) in [5.74, 6) is -0.712. The minimum atomic E-state index is -0.574. The standard InChI is InChI=1S/C17H18N2O4/c1-18-13-7-4-3-6-11(13)12(10-15(18)20)16(21)19-9-5-8-14(19)17(22)23-2/h3-4,6-7,10,14H,5,8-9H2,1-2H3/t14-/m0/s1. The molecule has 1 amide bonds. The molecule has 0 radical (unpaired) electrons. The molecule has 120 valence electrons. The van der Waals surface area contributed by atoms with Crippen molar-refractivity contribution in [1.82, 2.24) is 9.47 Å². The molecule has 0 saturated carbocycles. The van der Waals surface area contributed by atoms with Gasteiger partial charge in [0, 0.05) is 25.0 Å². The van der Waals surface area contributed by atoms with Gasteiger partial charge in [-0.2, -0.15) is 0 Å². The number of carbonyl (C=O) groups excluding carboxylic acids is 2. The fourth-order valence-corrected chi connectivity index (χ4v) is 3.13. The molecule has 6 heteroatoms. The number of esters is 1. The molecule has 2 aromatic rings. The highest BCUT2D eigenvalue weighted by molar-refractivity contribution is 6.07. The summed E-state index contributed by atoms with van der Waals surface area (Å²) in [7, 11) is 2.99. The fourth-order valence-electron chi connectivity index (χ4n) is 3.13. The molecule has 1 aliphatic heterocycles. The van der Waals surface area contributed by atoms with E-state index >= 15 is 0 Å². The average molecular weight is 314 g/mol. The van der Waals surface area contributed by atoms with Crippen LogP contribution in [0.1, 0.15) is 23.2 Å². The molecule has 1 aromatic heterocycles. The van der Waals surface area contributed by atoms with Gasteiger partial charge >= 0.3 is 5.97 Å². The van der Waals surface area contributed by atoms with Gasteiger partial charge in [-0.1, -0.05) is 18.2 Å². The molecule has 0 spiro atoms. The zero-order valence-electron chi connectivity index (χ0n) is 13.1. The molecule has 1 saturated heterocycles. The molecular weight excluding hydrogens is 296 g/mol. The number of ether oxygens (including phenoxy) is 1. The molecule has 23 heavy (non-hydrogen) atoms. The van der Waals surface area contributed by atoms with Gasteiger partial charge in [0.15, 0.2) is 0 Å². The number of amides is 1. The van der Waals surface area contributed by atoms with Crippen molar-refractivity contribution in [3.63, 3.8) is 0 Å². The van der Waals surface area contributed by atoms with Crippen LogP contribution in [0.3, 0.4) is 0 Å². The van der Waals surface area contributed by atoms with Crippen LogP contribution >= 0.6 is 0 Å². The van der Waals surface area contributed by atoms with Crippen LogP contribution in [0.15, 0.2) is 35.1 Å². The molecule has 6 nitrogen and oxygen atoms in total. The first-order valence-corrected chi connectivity index (χ1v) is 7.52. The predicted molar refractivity (Wildman–Crippen MR) is 85.3 cm³/mol. The normalized spacial score (nSPS) is 17.5. The first-order chi connectivity index (χ1) is 11.0. The van der Waals surface area contributed by atoms with E-state index in [4.69, 9.17) is 4.74 Å². The Balaban J connectivity index is 2.10. The van der Waals surface area contributed by atoms with E-state index in [0.29, 0.717) is 29.4 Å². The lowest BCUT2D eigenvalue weighted by atomic mass is 10.1. The Bertz CT molecular complexity index is 840. The van der Waals surface area contributed by atoms with Gasteiger partial charge in [-0.15, -0.1) is 0 Å². The van der Waals surface area contributed by atoms with E-state index in [1.165, 1.54) is 22.6 Å². The third-order valence-corrected chi connectivity index (χ3v) is 4.37. The molecule has 2 heterocycles. The number of para-hydroxylation sites is 1. The number of methoxy groups -OCH3 is 1. The molecule has 0 N–H and O–H groups in total. The maximum atomic E-state index is 12.9. The Hall–Kier alpha value is -2.63. The topological polar surface area (TPSA) is 68.6 Å². The summed E-state index contributed by atoms with van der Waals surface area (Å²) in [6.45, 7) is 0.488. The molecule has 0 aliphatic carbocycles. The number of hydrogen-bond donors (Lipinski definition) is 0. The summed E-state index contributed by atoms with van der Waals surface area (Å²) in [5, 5.41) is 0.704. The smallest absolute Gasteiger partial charge is 0.328 e. The number of pyridine rings is 1. The van der Waals surface area contributed by atoms with Crippen molar-refractivity contribution < 1.29 is 14.3 Å². The second kappa shape index (κ2) is 5.87. The minimum absolute atomic E-state index is 0.249. The Morgan fingerprint density at radius 3 is 2.74 bits per heavy atom. The molecule has 1 aliphatic rings. The van der Waals surface area contributed by atoms with Crippen molar-refractivity contribution in [1.29, 1.82) is 0 Å². The van der Waals surface area contributed by atoms with E-state index in [0.717, 1.165) is 6.42 Å². The largest absolute Gasteiger partial charge is 0.467 e. The van der Waals surface area contributed by atoms with Crippen LogP contribution in [0.5, 0.6) is 0 Å². The van der Waals surface area contributed by atoms with Crippen molar-refractivity contribution in [2.45, 2.75) is 18.9 Å². The second-order valence-electron chi connectivity index (χ2n) is 5.65. The second-order valence-corrected chi connectivity index (χ2v) is 5.65. The van der Waals surface area contributed by atoms with E-state index in [-0.39, 0.29) is 11.5 Å². The zero-order chi connectivity index (χ0) is 16.6. The summed E-state index contributed by atoms with van der Waals surface area (Å²) in [6, 6.07) is 8.03. The highest BCUT2D eigenvalue weighted by Gasteiger charge is 2.36. The van der Waals surface area contributed by atoms with E-state index in [1.54, 1.807) is 13.1 Å². The van der Waals surface area contributed by atoms with Crippen LogP contribution < -0.4 is 5.56 Å². The van der Waals surface area contributed by atoms with Crippen molar-refractivity contribution >= 4 is 22.8 Å². The predicted octanol–water partition coefficient (Wildman–Crippen LogP) is 1.32. The van der Waals surface area contributed by atoms with Crippen LogP contribution in [0, 0.1) is 0 Å². The van der Waals surface area contributed by atoms with E-state index in [1.807, 2.05) is 18.2 Å². The molecule has 0 unspecified atom stereocenters. The summed E-state index contributed by atoms with van der Waals surface area (Å²) in [5.41, 5.74) is 0.775. The van der Waals surface area contributed by atoms with E-state index < -0.39 is 12.0 Å². The highest BCUT2D eigenvalue weighted by Crippen LogP contribution is 2.24. The van der Waals surface area contributed by atoms with Gasteiger partial charge in [0.05, 0.1) is 18.2 Å². The number of aryl methyl sites for hydroxylation is 1. The number of benzene rings is 1. The van der Waals surface area contributed by atoms with E-state index in [9.17, 15) is 14.4 Å². The van der Waals surface area contributed by atoms with Crippen LogP contribution in [-0.4, -0.2) is 41.0 Å². The number of aromatic nitrogens is 1. The highest BCUT2D eigenvalue weighted by atomic mass is 16.5. The summed E-state index contributed by atoms with van der Waals surface area (Å²) in [6.07, 6.45) is 1.33. The lowest BCUT2D eigenvalue weighted by Crippen LogP contribution is -2.41. The maximum Gasteiger partial charge on any atom is 0.328 e. The third kappa shape index (κ3) is 2.50. The van der Waals surface area contributed by atoms with Gasteiger partial charge in [0.2, 0.25) is 0 Å². The summed E-state index contributed by atoms with van der Waals surface area (Å²) < 4.78 is 6.29. The monoisotopic (exact) mass is 314 g/mol. The lowest BCUT2D eigenvalue weighted by molar-refractivity contribution is -0.145. The van der Waals surface area contributed by atoms with Crippen LogP contribution in [0.2, 0.25) is 0 Å². The number of hydrogen-bond acceptors (Lipinski definition) is 4. The van der Waals surface area contributed by atoms with Crippen LogP contribution in [0.25, 0.3) is 10.9 Å². The zero-order valence-corrected chi connectivity index (χ0v) is 13.1. The number of nitrogens with zero attached hydrogens (tertiary/aromatic N) is 2. The Labute approximate surface area is 133 Å². The van der Waals surface area contributed by atoms with Crippen molar-refractivity contribution in [2.75, 3.05) is 13.7 Å². The van der Waals surface area contributed by atoms with Crippen LogP contribution in [-0.2, 0) is 16.6 Å². The van der Waals surface area contributed by atoms with Crippen molar-refractivity contribution in [3.8, 4) is 0 Å². The summed E-state index contributed by atoms with van der Waals surface area (Å²) in [4.78, 5) is 38.4. The molecule has 0 bridgehead atoms. The average Bonchev–Trinajstić information content (AvgIpc) is 3.06. The third-order valence-electron chi connectivity index (χ3n) is 4.37. The molecule has 3 rings (SSSR count). The van der Waals surface area contributed by atoms with Crippen LogP contribution in [0.4, 0.5) is 0 Å². The SMILES string of the molecule is COC(=O)[C@@H]1CCCN1C(=O)c1cc(=O)n(C)c2ccccc12. The molecule has 1 aromatic carbocycles. The van der Waals surface area contributed by atoms with Crippen molar-refractivity contribution in [3.05, 3.63) is 46.2 Å². The van der Waals surface area contributed by atoms with E-state index in [2.05, 4.69) is 0 Å². The molecule has 1 fully saturated rings. The van der Waals surface area contributed by atoms with Gasteiger partial charge in [-0.25, -0.2) is 4.79 Å². The lowest BCUT2D eigenvalue weighted by Gasteiger charge is -2.23. The number of likely N-dealkylation sites (tertiary alicyclic amines) is 1. The summed E-state index contributed by atoms with van der Waals surface area (Å²) >= 11 is 0. The first kappa shape index (κ1) is 15.3. The minimum Gasteiger partial charge on any atom is -0.467 e. The van der Waals surface area contributed by atoms with Gasteiger partial charge in [0.1, 0.15) is 6.04 Å². The first-order valence-electron chi connectivity index (χ1n) is 7.52. The molecular formula is C17H18N2O4. The van der Waals surface area contributed by atoms with Gasteiger partial charge in [0.25, 0.3) is 11.5 Å². The van der Waals surface area contributed by atoms with Gasteiger partial charge in [-0.05, 0) is 18.9 Å². The Morgan fingerprint density at radius 2 is 2.00 bits per heavy atom.